The van der Waals surface area contributed by atoms with E-state index in [1.807, 2.05) is 0 Å². The third-order valence-electron chi connectivity index (χ3n) is 3.42. The number of alkyl halides is 1. The fraction of sp³-hybridized carbons (Fsp3) is 0.923. The zero-order chi connectivity index (χ0) is 12.7. The molecule has 0 aromatic carbocycles. The summed E-state index contributed by atoms with van der Waals surface area (Å²) in [4.78, 5) is 14.0. The van der Waals surface area contributed by atoms with Crippen molar-refractivity contribution >= 4 is 17.5 Å². The molecule has 1 saturated heterocycles. The number of nitrogens with one attached hydrogen (secondary N) is 1. The number of amides is 1. The number of halogens is 1. The lowest BCUT2D eigenvalue weighted by atomic mass is 10.1. The lowest BCUT2D eigenvalue weighted by Gasteiger charge is -2.20. The minimum Gasteiger partial charge on any atom is -0.356 e. The van der Waals surface area contributed by atoms with Crippen molar-refractivity contribution in [2.24, 2.45) is 5.92 Å². The summed E-state index contributed by atoms with van der Waals surface area (Å²) in [6, 6.07) is 0.624. The van der Waals surface area contributed by atoms with Crippen LogP contribution in [-0.2, 0) is 4.79 Å². The van der Waals surface area contributed by atoms with Gasteiger partial charge in [0.05, 0.1) is 0 Å². The van der Waals surface area contributed by atoms with Crippen LogP contribution in [0, 0.1) is 5.92 Å². The number of unbranched alkanes of at least 4 members (excludes halogenated alkanes) is 1. The summed E-state index contributed by atoms with van der Waals surface area (Å²) in [5.74, 6) is 1.46. The summed E-state index contributed by atoms with van der Waals surface area (Å²) in [6.45, 7) is 7.59. The van der Waals surface area contributed by atoms with E-state index in [-0.39, 0.29) is 5.91 Å². The van der Waals surface area contributed by atoms with Crippen molar-refractivity contribution in [3.63, 3.8) is 0 Å². The van der Waals surface area contributed by atoms with Crippen LogP contribution in [0.2, 0.25) is 0 Å². The molecule has 1 heterocycles. The Hall–Kier alpha value is -0.280. The Labute approximate surface area is 110 Å². The first-order chi connectivity index (χ1) is 8.13. The van der Waals surface area contributed by atoms with Gasteiger partial charge in [0.2, 0.25) is 5.91 Å². The highest BCUT2D eigenvalue weighted by Gasteiger charge is 2.24. The van der Waals surface area contributed by atoms with Gasteiger partial charge in [-0.25, -0.2) is 0 Å². The molecule has 1 rings (SSSR count). The molecular weight excluding hydrogens is 236 g/mol. The summed E-state index contributed by atoms with van der Waals surface area (Å²) in [5.41, 5.74) is 0. The number of likely N-dealkylation sites (tertiary alicyclic amines) is 1. The van der Waals surface area contributed by atoms with Crippen LogP contribution in [0.5, 0.6) is 0 Å². The first-order valence-corrected chi connectivity index (χ1v) is 7.23. The number of carbonyl (C=O) groups is 1. The molecule has 1 amide bonds. The second-order valence-electron chi connectivity index (χ2n) is 5.19. The van der Waals surface area contributed by atoms with Gasteiger partial charge in [0.15, 0.2) is 0 Å². The molecule has 0 radical (unpaired) electrons. The van der Waals surface area contributed by atoms with E-state index in [9.17, 15) is 4.79 Å². The Balaban J connectivity index is 2.09. The SMILES string of the molecule is CC(C)N1CCC(CNC(=O)CCCCCl)C1. The van der Waals surface area contributed by atoms with Gasteiger partial charge in [0.25, 0.3) is 0 Å². The summed E-state index contributed by atoms with van der Waals surface area (Å²) < 4.78 is 0. The van der Waals surface area contributed by atoms with Crippen LogP contribution in [0.15, 0.2) is 0 Å². The maximum absolute atomic E-state index is 11.5. The number of carbonyl (C=O) groups excluding carboxylic acids is 1. The Bertz CT molecular complexity index is 233. The van der Waals surface area contributed by atoms with E-state index >= 15 is 0 Å². The minimum absolute atomic E-state index is 0.179. The van der Waals surface area contributed by atoms with Crippen LogP contribution in [0.4, 0.5) is 0 Å². The number of hydrogen-bond donors (Lipinski definition) is 1. The highest BCUT2D eigenvalue weighted by Crippen LogP contribution is 2.17. The number of rotatable bonds is 7. The van der Waals surface area contributed by atoms with Crippen LogP contribution in [-0.4, -0.2) is 42.4 Å². The molecule has 0 spiro atoms. The maximum Gasteiger partial charge on any atom is 0.220 e. The number of nitrogens with zero attached hydrogens (tertiary/aromatic N) is 1. The van der Waals surface area contributed by atoms with Gasteiger partial charge in [0, 0.05) is 31.4 Å². The van der Waals surface area contributed by atoms with Crippen LogP contribution < -0.4 is 5.32 Å². The van der Waals surface area contributed by atoms with Crippen LogP contribution in [0.25, 0.3) is 0 Å². The maximum atomic E-state index is 11.5. The quantitative estimate of drug-likeness (QED) is 0.563. The summed E-state index contributed by atoms with van der Waals surface area (Å²) in [7, 11) is 0. The molecule has 1 aliphatic heterocycles. The van der Waals surface area contributed by atoms with Crippen molar-refractivity contribution in [3.8, 4) is 0 Å². The third-order valence-corrected chi connectivity index (χ3v) is 3.69. The predicted molar refractivity (Wildman–Crippen MR) is 72.4 cm³/mol. The second kappa shape index (κ2) is 7.93. The molecule has 1 atom stereocenters. The van der Waals surface area contributed by atoms with Crippen LogP contribution in [0.1, 0.15) is 39.5 Å². The van der Waals surface area contributed by atoms with E-state index in [4.69, 9.17) is 11.6 Å². The van der Waals surface area contributed by atoms with Gasteiger partial charge in [-0.3, -0.25) is 4.79 Å². The van der Waals surface area contributed by atoms with E-state index in [1.54, 1.807) is 0 Å². The molecule has 1 fully saturated rings. The molecule has 1 aliphatic rings. The largest absolute Gasteiger partial charge is 0.356 e. The second-order valence-corrected chi connectivity index (χ2v) is 5.57. The van der Waals surface area contributed by atoms with Gasteiger partial charge in [-0.2, -0.15) is 0 Å². The molecule has 0 aliphatic carbocycles. The van der Waals surface area contributed by atoms with Gasteiger partial charge in [-0.1, -0.05) is 0 Å². The normalized spacial score (nSPS) is 21.1. The molecule has 0 aromatic rings. The lowest BCUT2D eigenvalue weighted by molar-refractivity contribution is -0.121. The highest BCUT2D eigenvalue weighted by molar-refractivity contribution is 6.17. The monoisotopic (exact) mass is 260 g/mol. The van der Waals surface area contributed by atoms with Gasteiger partial charge >= 0.3 is 0 Å². The minimum atomic E-state index is 0.179. The molecule has 17 heavy (non-hydrogen) atoms. The van der Waals surface area contributed by atoms with E-state index in [2.05, 4.69) is 24.1 Å². The van der Waals surface area contributed by atoms with Crippen LogP contribution >= 0.6 is 11.6 Å². The molecule has 4 heteroatoms. The predicted octanol–water partition coefficient (Wildman–Crippen LogP) is 2.24. The van der Waals surface area contributed by atoms with E-state index in [0.717, 1.165) is 25.9 Å². The standard InChI is InChI=1S/C13H25ClN2O/c1-11(2)16-8-6-12(10-16)9-15-13(17)5-3-4-7-14/h11-12H,3-10H2,1-2H3,(H,15,17). The van der Waals surface area contributed by atoms with E-state index in [0.29, 0.717) is 24.3 Å². The Morgan fingerprint density at radius 2 is 2.24 bits per heavy atom. The van der Waals surface area contributed by atoms with Crippen LogP contribution in [0.3, 0.4) is 0 Å². The average molecular weight is 261 g/mol. The summed E-state index contributed by atoms with van der Waals surface area (Å²) >= 11 is 5.57. The molecule has 0 saturated carbocycles. The first-order valence-electron chi connectivity index (χ1n) is 6.70. The van der Waals surface area contributed by atoms with Crippen molar-refractivity contribution in [1.82, 2.24) is 10.2 Å². The van der Waals surface area contributed by atoms with Gasteiger partial charge in [-0.15, -0.1) is 11.6 Å². The third kappa shape index (κ3) is 5.73. The Morgan fingerprint density at radius 1 is 1.47 bits per heavy atom. The number of hydrogen-bond acceptors (Lipinski definition) is 2. The fourth-order valence-electron chi connectivity index (χ4n) is 2.22. The molecule has 0 aromatic heterocycles. The van der Waals surface area contributed by atoms with Crippen molar-refractivity contribution in [1.29, 1.82) is 0 Å². The van der Waals surface area contributed by atoms with Crippen molar-refractivity contribution < 1.29 is 4.79 Å². The van der Waals surface area contributed by atoms with E-state index in [1.165, 1.54) is 13.0 Å². The Kier molecular flexibility index (Phi) is 6.90. The summed E-state index contributed by atoms with van der Waals surface area (Å²) in [6.07, 6.45) is 3.66. The van der Waals surface area contributed by atoms with E-state index < -0.39 is 0 Å². The Morgan fingerprint density at radius 3 is 2.82 bits per heavy atom. The zero-order valence-electron chi connectivity index (χ0n) is 11.0. The van der Waals surface area contributed by atoms with Crippen molar-refractivity contribution in [2.75, 3.05) is 25.5 Å². The van der Waals surface area contributed by atoms with Crippen molar-refractivity contribution in [2.45, 2.75) is 45.6 Å². The average Bonchev–Trinajstić information content (AvgIpc) is 2.75. The molecular formula is C13H25ClN2O. The highest BCUT2D eigenvalue weighted by atomic mass is 35.5. The lowest BCUT2D eigenvalue weighted by Crippen LogP contribution is -2.32. The fourth-order valence-corrected chi connectivity index (χ4v) is 2.41. The smallest absolute Gasteiger partial charge is 0.220 e. The molecule has 3 nitrogen and oxygen atoms in total. The van der Waals surface area contributed by atoms with Gasteiger partial charge < -0.3 is 10.2 Å². The molecule has 100 valence electrons. The molecule has 1 unspecified atom stereocenters. The molecule has 1 N–H and O–H groups in total. The topological polar surface area (TPSA) is 32.3 Å². The van der Waals surface area contributed by atoms with Gasteiger partial charge in [-0.05, 0) is 45.6 Å². The summed E-state index contributed by atoms with van der Waals surface area (Å²) in [5, 5.41) is 3.03. The molecule has 0 bridgehead atoms. The zero-order valence-corrected chi connectivity index (χ0v) is 11.8. The van der Waals surface area contributed by atoms with Crippen molar-refractivity contribution in [3.05, 3.63) is 0 Å². The first kappa shape index (κ1) is 14.8. The van der Waals surface area contributed by atoms with Gasteiger partial charge in [0.1, 0.15) is 0 Å².